The van der Waals surface area contributed by atoms with Crippen molar-refractivity contribution < 1.29 is 9.59 Å². The predicted molar refractivity (Wildman–Crippen MR) is 81.1 cm³/mol. The fraction of sp³-hybridized carbons (Fsp3) is 0.688. The van der Waals surface area contributed by atoms with Crippen molar-refractivity contribution in [1.82, 2.24) is 10.2 Å². The molecule has 0 radical (unpaired) electrons. The molecule has 0 bridgehead atoms. The molecule has 1 fully saturated rings. The molecule has 0 aliphatic carbocycles. The van der Waals surface area contributed by atoms with Crippen LogP contribution in [0.5, 0.6) is 0 Å². The van der Waals surface area contributed by atoms with Crippen molar-refractivity contribution in [3.8, 4) is 6.07 Å². The van der Waals surface area contributed by atoms with Crippen molar-refractivity contribution >= 4 is 11.8 Å². The summed E-state index contributed by atoms with van der Waals surface area (Å²) >= 11 is 0. The first-order chi connectivity index (χ1) is 9.81. The van der Waals surface area contributed by atoms with Crippen molar-refractivity contribution in [2.45, 2.75) is 40.0 Å². The SMILES string of the molecule is CC(C)(C)/C=C/C(=O)NCC1CCN(C(=O)CC#N)CC1. The average Bonchev–Trinajstić information content (AvgIpc) is 2.43. The molecule has 1 aliphatic rings. The fourth-order valence-electron chi connectivity index (χ4n) is 2.20. The minimum Gasteiger partial charge on any atom is -0.352 e. The number of rotatable bonds is 4. The van der Waals surface area contributed by atoms with Gasteiger partial charge in [0, 0.05) is 19.6 Å². The molecular formula is C16H25N3O2. The summed E-state index contributed by atoms with van der Waals surface area (Å²) in [6.07, 6.45) is 5.19. The third kappa shape index (κ3) is 6.94. The zero-order valence-corrected chi connectivity index (χ0v) is 13.2. The maximum absolute atomic E-state index is 11.7. The molecule has 5 nitrogen and oxygen atoms in total. The van der Waals surface area contributed by atoms with Crippen molar-refractivity contribution in [2.24, 2.45) is 11.3 Å². The minimum atomic E-state index is -0.0897. The second-order valence-corrected chi connectivity index (χ2v) is 6.60. The summed E-state index contributed by atoms with van der Waals surface area (Å²) in [5.41, 5.74) is 0.00375. The molecule has 1 aliphatic heterocycles. The molecule has 1 heterocycles. The number of allylic oxidation sites excluding steroid dienone is 1. The van der Waals surface area contributed by atoms with Crippen LogP contribution in [-0.4, -0.2) is 36.3 Å². The van der Waals surface area contributed by atoms with Crippen LogP contribution < -0.4 is 5.32 Å². The van der Waals surface area contributed by atoms with Gasteiger partial charge in [-0.2, -0.15) is 5.26 Å². The van der Waals surface area contributed by atoms with Crippen LogP contribution in [0.1, 0.15) is 40.0 Å². The van der Waals surface area contributed by atoms with Crippen LogP contribution in [0.3, 0.4) is 0 Å². The summed E-state index contributed by atoms with van der Waals surface area (Å²) in [6, 6.07) is 1.89. The highest BCUT2D eigenvalue weighted by Gasteiger charge is 2.22. The standard InChI is InChI=1S/C16H25N3O2/c1-16(2,3)8-4-14(20)18-12-13-6-10-19(11-7-13)15(21)5-9-17/h4,8,13H,5-7,10-12H2,1-3H3,(H,18,20)/b8-4+. The second kappa shape index (κ2) is 7.82. The van der Waals surface area contributed by atoms with Crippen LogP contribution in [0, 0.1) is 22.7 Å². The Bertz CT molecular complexity index is 435. The van der Waals surface area contributed by atoms with Crippen molar-refractivity contribution in [3.63, 3.8) is 0 Å². The van der Waals surface area contributed by atoms with Gasteiger partial charge in [0.1, 0.15) is 6.42 Å². The minimum absolute atomic E-state index is 0.00375. The highest BCUT2D eigenvalue weighted by Crippen LogP contribution is 2.17. The summed E-state index contributed by atoms with van der Waals surface area (Å²) in [5.74, 6) is 0.254. The van der Waals surface area contributed by atoms with Gasteiger partial charge in [0.25, 0.3) is 0 Å². The summed E-state index contributed by atoms with van der Waals surface area (Å²) in [7, 11) is 0. The van der Waals surface area contributed by atoms with E-state index in [1.807, 2.05) is 32.9 Å². The predicted octanol–water partition coefficient (Wildman–Crippen LogP) is 1.86. The van der Waals surface area contributed by atoms with Crippen LogP contribution in [0.2, 0.25) is 0 Å². The zero-order chi connectivity index (χ0) is 15.9. The molecule has 0 aromatic carbocycles. The number of amides is 2. The summed E-state index contributed by atoms with van der Waals surface area (Å²) in [5, 5.41) is 11.4. The molecule has 116 valence electrons. The Kier molecular flexibility index (Phi) is 6.41. The van der Waals surface area contributed by atoms with Gasteiger partial charge in [0.05, 0.1) is 6.07 Å². The lowest BCUT2D eigenvalue weighted by Crippen LogP contribution is -2.41. The number of carbonyl (C=O) groups excluding carboxylic acids is 2. The van der Waals surface area contributed by atoms with Crippen LogP contribution in [-0.2, 0) is 9.59 Å². The number of hydrogen-bond acceptors (Lipinski definition) is 3. The number of nitriles is 1. The van der Waals surface area contributed by atoms with Crippen molar-refractivity contribution in [2.75, 3.05) is 19.6 Å². The number of piperidine rings is 1. The monoisotopic (exact) mass is 291 g/mol. The van der Waals surface area contributed by atoms with E-state index in [2.05, 4.69) is 5.32 Å². The van der Waals surface area contributed by atoms with Gasteiger partial charge in [-0.15, -0.1) is 0 Å². The first-order valence-corrected chi connectivity index (χ1v) is 7.43. The maximum Gasteiger partial charge on any atom is 0.243 e. The Balaban J connectivity index is 2.28. The number of hydrogen-bond donors (Lipinski definition) is 1. The van der Waals surface area contributed by atoms with Crippen LogP contribution in [0.4, 0.5) is 0 Å². The van der Waals surface area contributed by atoms with E-state index >= 15 is 0 Å². The third-order valence-electron chi connectivity index (χ3n) is 3.50. The van der Waals surface area contributed by atoms with Gasteiger partial charge in [-0.1, -0.05) is 26.8 Å². The Morgan fingerprint density at radius 3 is 2.48 bits per heavy atom. The molecule has 0 spiro atoms. The van der Waals surface area contributed by atoms with Crippen LogP contribution >= 0.6 is 0 Å². The number of likely N-dealkylation sites (tertiary alicyclic amines) is 1. The van der Waals surface area contributed by atoms with Gasteiger partial charge < -0.3 is 10.2 Å². The van der Waals surface area contributed by atoms with E-state index in [9.17, 15) is 9.59 Å². The van der Waals surface area contributed by atoms with E-state index in [0.717, 1.165) is 12.8 Å². The number of nitrogens with one attached hydrogen (secondary N) is 1. The molecule has 0 saturated carbocycles. The average molecular weight is 291 g/mol. The molecule has 5 heteroatoms. The Labute approximate surface area is 127 Å². The molecule has 2 amide bonds. The summed E-state index contributed by atoms with van der Waals surface area (Å²) < 4.78 is 0. The van der Waals surface area contributed by atoms with E-state index in [1.165, 1.54) is 0 Å². The normalized spacial score (nSPS) is 16.8. The van der Waals surface area contributed by atoms with E-state index < -0.39 is 0 Å². The molecule has 0 aromatic rings. The first-order valence-electron chi connectivity index (χ1n) is 7.43. The molecular weight excluding hydrogens is 266 g/mol. The fourth-order valence-corrected chi connectivity index (χ4v) is 2.20. The maximum atomic E-state index is 11.7. The lowest BCUT2D eigenvalue weighted by atomic mass is 9.95. The van der Waals surface area contributed by atoms with Gasteiger partial charge in [0.15, 0.2) is 0 Å². The van der Waals surface area contributed by atoms with Crippen molar-refractivity contribution in [3.05, 3.63) is 12.2 Å². The van der Waals surface area contributed by atoms with Crippen LogP contribution in [0.25, 0.3) is 0 Å². The Morgan fingerprint density at radius 2 is 1.95 bits per heavy atom. The largest absolute Gasteiger partial charge is 0.352 e. The molecule has 1 saturated heterocycles. The summed E-state index contributed by atoms with van der Waals surface area (Å²) in [6.45, 7) is 8.14. The number of nitrogens with zero attached hydrogens (tertiary/aromatic N) is 2. The first kappa shape index (κ1) is 17.2. The lowest BCUT2D eigenvalue weighted by Gasteiger charge is -2.31. The second-order valence-electron chi connectivity index (χ2n) is 6.60. The molecule has 21 heavy (non-hydrogen) atoms. The lowest BCUT2D eigenvalue weighted by molar-refractivity contribution is -0.131. The van der Waals surface area contributed by atoms with Crippen LogP contribution in [0.15, 0.2) is 12.2 Å². The van der Waals surface area contributed by atoms with Gasteiger partial charge in [-0.3, -0.25) is 9.59 Å². The zero-order valence-electron chi connectivity index (χ0n) is 13.2. The molecule has 1 rings (SSSR count). The third-order valence-corrected chi connectivity index (χ3v) is 3.50. The van der Waals surface area contributed by atoms with Gasteiger partial charge in [-0.25, -0.2) is 0 Å². The quantitative estimate of drug-likeness (QED) is 0.803. The van der Waals surface area contributed by atoms with Crippen molar-refractivity contribution in [1.29, 1.82) is 5.26 Å². The van der Waals surface area contributed by atoms with Gasteiger partial charge >= 0.3 is 0 Å². The van der Waals surface area contributed by atoms with Gasteiger partial charge in [-0.05, 0) is 30.3 Å². The molecule has 0 atom stereocenters. The molecule has 1 N–H and O–H groups in total. The van der Waals surface area contributed by atoms with E-state index in [-0.39, 0.29) is 23.7 Å². The number of carbonyl (C=O) groups is 2. The Morgan fingerprint density at radius 1 is 1.33 bits per heavy atom. The molecule has 0 aromatic heterocycles. The highest BCUT2D eigenvalue weighted by molar-refractivity contribution is 5.87. The topological polar surface area (TPSA) is 73.2 Å². The smallest absolute Gasteiger partial charge is 0.243 e. The van der Waals surface area contributed by atoms with E-state index in [0.29, 0.717) is 25.6 Å². The highest BCUT2D eigenvalue weighted by atomic mass is 16.2. The molecule has 0 unspecified atom stereocenters. The van der Waals surface area contributed by atoms with E-state index in [4.69, 9.17) is 5.26 Å². The van der Waals surface area contributed by atoms with Gasteiger partial charge in [0.2, 0.25) is 11.8 Å². The summed E-state index contributed by atoms with van der Waals surface area (Å²) in [4.78, 5) is 25.0. The van der Waals surface area contributed by atoms with E-state index in [1.54, 1.807) is 11.0 Å². The Hall–Kier alpha value is -1.83.